The molecule has 32 heavy (non-hydrogen) atoms. The summed E-state index contributed by atoms with van der Waals surface area (Å²) < 4.78 is 9.25. The molecule has 2 saturated heterocycles. The lowest BCUT2D eigenvalue weighted by atomic mass is 9.90. The van der Waals surface area contributed by atoms with Crippen molar-refractivity contribution >= 4 is 29.5 Å². The maximum absolute atomic E-state index is 13.0. The highest BCUT2D eigenvalue weighted by Crippen LogP contribution is 2.27. The predicted molar refractivity (Wildman–Crippen MR) is 120 cm³/mol. The summed E-state index contributed by atoms with van der Waals surface area (Å²) in [5.41, 5.74) is 7.53. The minimum Gasteiger partial charge on any atom is -0.469 e. The van der Waals surface area contributed by atoms with E-state index in [1.807, 2.05) is 29.2 Å². The highest BCUT2D eigenvalue weighted by molar-refractivity contribution is 6.02. The lowest BCUT2D eigenvalue weighted by Crippen LogP contribution is -2.45. The molecular weight excluding hydrogens is 412 g/mol. The van der Waals surface area contributed by atoms with Crippen molar-refractivity contribution in [3.8, 4) is 0 Å². The number of amides is 2. The van der Waals surface area contributed by atoms with Crippen molar-refractivity contribution in [1.82, 2.24) is 4.90 Å². The van der Waals surface area contributed by atoms with Crippen LogP contribution in [-0.4, -0.2) is 69.1 Å². The predicted octanol–water partition coefficient (Wildman–Crippen LogP) is 2.18. The minimum atomic E-state index is -0.731. The zero-order chi connectivity index (χ0) is 23.1. The molecule has 0 atom stereocenters. The van der Waals surface area contributed by atoms with E-state index in [2.05, 4.69) is 14.6 Å². The third-order valence-electron chi connectivity index (χ3n) is 6.37. The molecule has 1 aromatic rings. The van der Waals surface area contributed by atoms with Gasteiger partial charge in [-0.1, -0.05) is 0 Å². The van der Waals surface area contributed by atoms with Gasteiger partial charge in [0.1, 0.15) is 5.84 Å². The van der Waals surface area contributed by atoms with Crippen LogP contribution in [0.5, 0.6) is 0 Å². The number of nitrogens with two attached hydrogens (primary N) is 1. The van der Waals surface area contributed by atoms with Gasteiger partial charge < -0.3 is 25.0 Å². The zero-order valence-electron chi connectivity index (χ0n) is 18.8. The van der Waals surface area contributed by atoms with Gasteiger partial charge in [-0.3, -0.25) is 9.59 Å². The number of carbonyl (C=O) groups excluding carboxylic acids is 3. The van der Waals surface area contributed by atoms with E-state index in [4.69, 9.17) is 10.5 Å². The Labute approximate surface area is 188 Å². The smallest absolute Gasteiger partial charge is 0.435 e. The third kappa shape index (κ3) is 5.99. The van der Waals surface area contributed by atoms with Crippen LogP contribution in [0, 0.1) is 11.8 Å². The van der Waals surface area contributed by atoms with Gasteiger partial charge in [0.15, 0.2) is 0 Å². The molecule has 0 aromatic heterocycles. The Kier molecular flexibility index (Phi) is 8.08. The van der Waals surface area contributed by atoms with Crippen molar-refractivity contribution < 1.29 is 23.9 Å². The van der Waals surface area contributed by atoms with Crippen LogP contribution in [0.15, 0.2) is 29.3 Å². The lowest BCUT2D eigenvalue weighted by Gasteiger charge is -2.38. The number of methoxy groups -OCH3 is 2. The number of ether oxygens (including phenoxy) is 2. The highest BCUT2D eigenvalue weighted by atomic mass is 16.5. The molecule has 0 bridgehead atoms. The van der Waals surface area contributed by atoms with Crippen LogP contribution in [0.25, 0.3) is 0 Å². The van der Waals surface area contributed by atoms with Crippen LogP contribution in [0.2, 0.25) is 0 Å². The summed E-state index contributed by atoms with van der Waals surface area (Å²) in [4.78, 5) is 43.5. The first-order valence-electron chi connectivity index (χ1n) is 11.0. The van der Waals surface area contributed by atoms with E-state index in [0.29, 0.717) is 17.9 Å². The molecule has 2 aliphatic heterocycles. The van der Waals surface area contributed by atoms with Crippen LogP contribution in [0.4, 0.5) is 10.5 Å². The highest BCUT2D eigenvalue weighted by Gasteiger charge is 2.31. The Morgan fingerprint density at radius 1 is 0.969 bits per heavy atom. The number of likely N-dealkylation sites (tertiary alicyclic amines) is 1. The second kappa shape index (κ2) is 11.0. The van der Waals surface area contributed by atoms with Crippen LogP contribution in [0.1, 0.15) is 37.7 Å². The summed E-state index contributed by atoms with van der Waals surface area (Å²) in [6, 6.07) is 7.55. The number of hydrogen-bond donors (Lipinski definition) is 1. The number of aliphatic imine (C=N–C) groups is 1. The summed E-state index contributed by atoms with van der Waals surface area (Å²) in [5, 5.41) is 0. The van der Waals surface area contributed by atoms with Gasteiger partial charge in [0.2, 0.25) is 5.91 Å². The van der Waals surface area contributed by atoms with Crippen LogP contribution >= 0.6 is 0 Å². The zero-order valence-corrected chi connectivity index (χ0v) is 18.8. The van der Waals surface area contributed by atoms with Crippen molar-refractivity contribution in [1.29, 1.82) is 0 Å². The fourth-order valence-corrected chi connectivity index (χ4v) is 4.37. The average molecular weight is 445 g/mol. The summed E-state index contributed by atoms with van der Waals surface area (Å²) in [6.45, 7) is 3.05. The monoisotopic (exact) mass is 444 g/mol. The van der Waals surface area contributed by atoms with Gasteiger partial charge in [-0.25, -0.2) is 4.79 Å². The van der Waals surface area contributed by atoms with E-state index in [1.54, 1.807) is 0 Å². The molecule has 0 aliphatic carbocycles. The number of rotatable bonds is 5. The number of benzene rings is 1. The molecular formula is C23H32N4O5. The van der Waals surface area contributed by atoms with E-state index >= 15 is 0 Å². The normalized spacial score (nSPS) is 18.4. The van der Waals surface area contributed by atoms with E-state index in [9.17, 15) is 14.4 Å². The van der Waals surface area contributed by atoms with Gasteiger partial charge in [-0.05, 0) is 55.9 Å². The quantitative estimate of drug-likeness (QED) is 0.420. The molecule has 0 saturated carbocycles. The molecule has 1 aromatic carbocycles. The molecule has 2 fully saturated rings. The second-order valence-electron chi connectivity index (χ2n) is 8.32. The molecule has 2 N–H and O–H groups in total. The largest absolute Gasteiger partial charge is 0.469 e. The molecule has 9 heteroatoms. The summed E-state index contributed by atoms with van der Waals surface area (Å²) in [5.74, 6) is 0.536. The van der Waals surface area contributed by atoms with Crippen LogP contribution < -0.4 is 10.6 Å². The molecule has 0 spiro atoms. The van der Waals surface area contributed by atoms with Gasteiger partial charge in [0, 0.05) is 49.8 Å². The lowest BCUT2D eigenvalue weighted by molar-refractivity contribution is -0.142. The molecule has 0 radical (unpaired) electrons. The average Bonchev–Trinajstić information content (AvgIpc) is 2.84. The fourth-order valence-electron chi connectivity index (χ4n) is 4.37. The summed E-state index contributed by atoms with van der Waals surface area (Å²) in [6.07, 6.45) is 3.05. The van der Waals surface area contributed by atoms with Crippen molar-refractivity contribution in [3.05, 3.63) is 29.8 Å². The van der Waals surface area contributed by atoms with Crippen molar-refractivity contribution in [2.24, 2.45) is 22.6 Å². The Morgan fingerprint density at radius 2 is 1.59 bits per heavy atom. The standard InChI is InChI=1S/C23H32N4O5/c1-31-20(28)15-16-7-11-27(12-8-16)22(29)18-9-13-26(14-10-18)19-5-3-17(4-6-19)21(24)25-23(30)32-2/h3-6,16,18H,7-15H2,1-2H3,(H2,24,25,30). The van der Waals surface area contributed by atoms with Gasteiger partial charge in [-0.15, -0.1) is 0 Å². The van der Waals surface area contributed by atoms with E-state index in [0.717, 1.165) is 57.5 Å². The SMILES string of the molecule is COC(=O)CC1CCN(C(=O)C2CCN(c3ccc(C(N)=NC(=O)OC)cc3)CC2)CC1. The van der Waals surface area contributed by atoms with Crippen LogP contribution in [0.3, 0.4) is 0 Å². The molecule has 3 rings (SSSR count). The Balaban J connectivity index is 1.48. The minimum absolute atomic E-state index is 0.0468. The number of piperidine rings is 2. The molecule has 0 unspecified atom stereocenters. The topological polar surface area (TPSA) is 115 Å². The Hall–Kier alpha value is -3.10. The molecule has 2 heterocycles. The summed E-state index contributed by atoms with van der Waals surface area (Å²) >= 11 is 0. The van der Waals surface area contributed by atoms with Crippen LogP contribution in [-0.2, 0) is 19.1 Å². The van der Waals surface area contributed by atoms with Crippen molar-refractivity contribution in [3.63, 3.8) is 0 Å². The molecule has 9 nitrogen and oxygen atoms in total. The molecule has 174 valence electrons. The first-order valence-corrected chi connectivity index (χ1v) is 11.0. The Bertz CT molecular complexity index is 838. The van der Waals surface area contributed by atoms with Gasteiger partial charge in [-0.2, -0.15) is 4.99 Å². The van der Waals surface area contributed by atoms with E-state index in [-0.39, 0.29) is 23.6 Å². The first kappa shape index (κ1) is 23.6. The molecule has 2 aliphatic rings. The Morgan fingerprint density at radius 3 is 2.16 bits per heavy atom. The number of esters is 1. The maximum Gasteiger partial charge on any atom is 0.435 e. The summed E-state index contributed by atoms with van der Waals surface area (Å²) in [7, 11) is 2.67. The number of hydrogen-bond acceptors (Lipinski definition) is 6. The third-order valence-corrected chi connectivity index (χ3v) is 6.37. The first-order chi connectivity index (χ1) is 15.4. The number of anilines is 1. The number of nitrogens with zero attached hydrogens (tertiary/aromatic N) is 3. The van der Waals surface area contributed by atoms with E-state index < -0.39 is 6.09 Å². The van der Waals surface area contributed by atoms with Gasteiger partial charge in [0.05, 0.1) is 14.2 Å². The van der Waals surface area contributed by atoms with Crippen molar-refractivity contribution in [2.45, 2.75) is 32.1 Å². The molecule has 2 amide bonds. The van der Waals surface area contributed by atoms with E-state index in [1.165, 1.54) is 14.2 Å². The maximum atomic E-state index is 13.0. The van der Waals surface area contributed by atoms with Gasteiger partial charge in [0.25, 0.3) is 0 Å². The van der Waals surface area contributed by atoms with Crippen molar-refractivity contribution in [2.75, 3.05) is 45.3 Å². The number of amidine groups is 1. The second-order valence-corrected chi connectivity index (χ2v) is 8.32. The van der Waals surface area contributed by atoms with Gasteiger partial charge >= 0.3 is 12.1 Å². The number of carbonyl (C=O) groups is 3. The fraction of sp³-hybridized carbons (Fsp3) is 0.565.